The van der Waals surface area contributed by atoms with Crippen molar-refractivity contribution in [2.24, 2.45) is 0 Å². The van der Waals surface area contributed by atoms with Crippen LogP contribution in [0.4, 0.5) is 0 Å². The van der Waals surface area contributed by atoms with Gasteiger partial charge in [0.25, 0.3) is 0 Å². The summed E-state index contributed by atoms with van der Waals surface area (Å²) in [6.45, 7) is 2.21. The van der Waals surface area contributed by atoms with Crippen molar-refractivity contribution in [3.05, 3.63) is 90.8 Å². The fraction of sp³-hybridized carbons (Fsp3) is 0.130. The molecule has 4 heteroatoms. The Hall–Kier alpha value is -3.40. The van der Waals surface area contributed by atoms with E-state index in [0.717, 1.165) is 27.9 Å². The molecule has 4 nitrogen and oxygen atoms in total. The van der Waals surface area contributed by atoms with Crippen LogP contribution in [0.25, 0.3) is 22.2 Å². The number of aromatic nitrogens is 2. The van der Waals surface area contributed by atoms with Gasteiger partial charge in [0.15, 0.2) is 0 Å². The van der Waals surface area contributed by atoms with Crippen LogP contribution in [-0.2, 0) is 11.3 Å². The van der Waals surface area contributed by atoms with Crippen LogP contribution in [0.5, 0.6) is 0 Å². The summed E-state index contributed by atoms with van der Waals surface area (Å²) in [5.74, 6) is -0.0355. The van der Waals surface area contributed by atoms with Crippen molar-refractivity contribution in [3.63, 3.8) is 0 Å². The summed E-state index contributed by atoms with van der Waals surface area (Å²) in [6, 6.07) is 26.0. The van der Waals surface area contributed by atoms with E-state index < -0.39 is 0 Å². The molecule has 0 aliphatic carbocycles. The van der Waals surface area contributed by atoms with Crippen LogP contribution >= 0.6 is 0 Å². The summed E-state index contributed by atoms with van der Waals surface area (Å²) in [4.78, 5) is 17.1. The summed E-state index contributed by atoms with van der Waals surface area (Å²) >= 11 is 0. The molecule has 0 aliphatic rings. The molecule has 1 amide bonds. The van der Waals surface area contributed by atoms with Crippen molar-refractivity contribution in [1.82, 2.24) is 14.9 Å². The Labute approximate surface area is 158 Å². The molecule has 0 bridgehead atoms. The van der Waals surface area contributed by atoms with Crippen LogP contribution < -0.4 is 5.32 Å². The molecule has 2 aromatic heterocycles. The number of pyridine rings is 1. The molecular formula is C23H21N3O. The Balaban J connectivity index is 1.64. The minimum atomic E-state index is -0.138. The third kappa shape index (κ3) is 3.60. The number of carbonyl (C=O) groups is 1. The van der Waals surface area contributed by atoms with E-state index in [-0.39, 0.29) is 18.5 Å². The molecule has 0 radical (unpaired) electrons. The first-order valence-electron chi connectivity index (χ1n) is 9.06. The number of nitrogens with one attached hydrogen (secondary N) is 1. The van der Waals surface area contributed by atoms with Gasteiger partial charge in [0, 0.05) is 22.8 Å². The lowest BCUT2D eigenvalue weighted by Gasteiger charge is -2.15. The van der Waals surface area contributed by atoms with Gasteiger partial charge in [-0.1, -0.05) is 54.6 Å². The molecule has 0 fully saturated rings. The number of hydrogen-bond donors (Lipinski definition) is 1. The van der Waals surface area contributed by atoms with E-state index in [1.165, 1.54) is 0 Å². The lowest BCUT2D eigenvalue weighted by atomic mass is 10.1. The number of para-hydroxylation sites is 1. The van der Waals surface area contributed by atoms with Crippen LogP contribution in [0, 0.1) is 0 Å². The highest BCUT2D eigenvalue weighted by Gasteiger charge is 2.15. The van der Waals surface area contributed by atoms with Gasteiger partial charge in [-0.05, 0) is 36.8 Å². The van der Waals surface area contributed by atoms with E-state index in [4.69, 9.17) is 0 Å². The molecule has 1 N–H and O–H groups in total. The van der Waals surface area contributed by atoms with Gasteiger partial charge < -0.3 is 9.88 Å². The fourth-order valence-electron chi connectivity index (χ4n) is 3.37. The maximum Gasteiger partial charge on any atom is 0.240 e. The molecular weight excluding hydrogens is 334 g/mol. The quantitative estimate of drug-likeness (QED) is 0.569. The first-order chi connectivity index (χ1) is 13.2. The van der Waals surface area contributed by atoms with Gasteiger partial charge in [-0.15, -0.1) is 0 Å². The van der Waals surface area contributed by atoms with Gasteiger partial charge in [0.1, 0.15) is 6.54 Å². The molecule has 4 rings (SSSR count). The summed E-state index contributed by atoms with van der Waals surface area (Å²) < 4.78 is 2.07. The molecule has 134 valence electrons. The summed E-state index contributed by atoms with van der Waals surface area (Å²) in [6.07, 6.45) is 1.74. The van der Waals surface area contributed by atoms with Crippen LogP contribution in [0.2, 0.25) is 0 Å². The number of nitrogens with zero attached hydrogens (tertiary/aromatic N) is 2. The second kappa shape index (κ2) is 7.46. The van der Waals surface area contributed by atoms with E-state index >= 15 is 0 Å². The average Bonchev–Trinajstić information content (AvgIpc) is 3.08. The Morgan fingerprint density at radius 1 is 1.00 bits per heavy atom. The maximum atomic E-state index is 12.8. The van der Waals surface area contributed by atoms with E-state index in [1.54, 1.807) is 6.20 Å². The summed E-state index contributed by atoms with van der Waals surface area (Å²) in [5.41, 5.74) is 4.04. The smallest absolute Gasteiger partial charge is 0.240 e. The van der Waals surface area contributed by atoms with Crippen molar-refractivity contribution >= 4 is 16.8 Å². The van der Waals surface area contributed by atoms with Crippen LogP contribution in [0.15, 0.2) is 85.1 Å². The maximum absolute atomic E-state index is 12.8. The molecule has 2 aromatic carbocycles. The summed E-state index contributed by atoms with van der Waals surface area (Å²) in [7, 11) is 0. The largest absolute Gasteiger partial charge is 0.346 e. The molecule has 0 saturated heterocycles. The predicted molar refractivity (Wildman–Crippen MR) is 108 cm³/mol. The molecule has 0 aliphatic heterocycles. The van der Waals surface area contributed by atoms with Gasteiger partial charge in [-0.25, -0.2) is 0 Å². The number of hydrogen-bond acceptors (Lipinski definition) is 2. The third-order valence-electron chi connectivity index (χ3n) is 4.69. The third-order valence-corrected chi connectivity index (χ3v) is 4.69. The van der Waals surface area contributed by atoms with Crippen LogP contribution in [0.3, 0.4) is 0 Å². The minimum absolute atomic E-state index is 0.0355. The van der Waals surface area contributed by atoms with Crippen molar-refractivity contribution < 1.29 is 4.79 Å². The molecule has 4 aromatic rings. The molecule has 1 unspecified atom stereocenters. The molecule has 2 heterocycles. The first kappa shape index (κ1) is 17.0. The number of benzene rings is 2. The standard InChI is InChI=1S/C23H21N3O/c1-17(20-12-7-8-14-24-20)25-23(27)16-26-21-13-6-5-11-19(21)15-22(26)18-9-3-2-4-10-18/h2-15,17H,16H2,1H3,(H,25,27). The second-order valence-electron chi connectivity index (χ2n) is 6.58. The van der Waals surface area contributed by atoms with E-state index in [0.29, 0.717) is 0 Å². The zero-order valence-electron chi connectivity index (χ0n) is 15.2. The minimum Gasteiger partial charge on any atom is -0.346 e. The van der Waals surface area contributed by atoms with Gasteiger partial charge in [0.05, 0.1) is 11.7 Å². The lowest BCUT2D eigenvalue weighted by Crippen LogP contribution is -2.30. The van der Waals surface area contributed by atoms with Crippen molar-refractivity contribution in [2.45, 2.75) is 19.5 Å². The Morgan fingerprint density at radius 3 is 2.52 bits per heavy atom. The number of carbonyl (C=O) groups excluding carboxylic acids is 1. The number of amides is 1. The van der Waals surface area contributed by atoms with Crippen molar-refractivity contribution in [2.75, 3.05) is 0 Å². The van der Waals surface area contributed by atoms with Crippen LogP contribution in [-0.4, -0.2) is 15.5 Å². The van der Waals surface area contributed by atoms with Crippen molar-refractivity contribution in [1.29, 1.82) is 0 Å². The predicted octanol–water partition coefficient (Wildman–Crippen LogP) is 4.58. The Kier molecular flexibility index (Phi) is 4.71. The SMILES string of the molecule is CC(NC(=O)Cn1c(-c2ccccc2)cc2ccccc21)c1ccccn1. The Morgan fingerprint density at radius 2 is 1.74 bits per heavy atom. The second-order valence-corrected chi connectivity index (χ2v) is 6.58. The Bertz CT molecular complexity index is 1050. The van der Waals surface area contributed by atoms with Crippen LogP contribution in [0.1, 0.15) is 18.7 Å². The van der Waals surface area contributed by atoms with Gasteiger partial charge in [-0.2, -0.15) is 0 Å². The first-order valence-corrected chi connectivity index (χ1v) is 9.06. The highest BCUT2D eigenvalue weighted by atomic mass is 16.2. The highest BCUT2D eigenvalue weighted by Crippen LogP contribution is 2.28. The van der Waals surface area contributed by atoms with Gasteiger partial charge in [0.2, 0.25) is 5.91 Å². The molecule has 27 heavy (non-hydrogen) atoms. The zero-order chi connectivity index (χ0) is 18.6. The van der Waals surface area contributed by atoms with E-state index in [1.807, 2.05) is 55.5 Å². The van der Waals surface area contributed by atoms with Gasteiger partial charge in [-0.3, -0.25) is 9.78 Å². The zero-order valence-corrected chi connectivity index (χ0v) is 15.2. The average molecular weight is 355 g/mol. The van der Waals surface area contributed by atoms with Gasteiger partial charge >= 0.3 is 0 Å². The molecule has 1 atom stereocenters. The monoisotopic (exact) mass is 355 g/mol. The van der Waals surface area contributed by atoms with Crippen molar-refractivity contribution in [3.8, 4) is 11.3 Å². The van der Waals surface area contributed by atoms with E-state index in [2.05, 4.69) is 45.2 Å². The lowest BCUT2D eigenvalue weighted by molar-refractivity contribution is -0.122. The molecule has 0 spiro atoms. The molecule has 0 saturated carbocycles. The topological polar surface area (TPSA) is 46.9 Å². The highest BCUT2D eigenvalue weighted by molar-refractivity contribution is 5.89. The fourth-order valence-corrected chi connectivity index (χ4v) is 3.37. The number of rotatable bonds is 5. The summed E-state index contributed by atoms with van der Waals surface area (Å²) in [5, 5.41) is 4.18. The normalized spacial score (nSPS) is 12.0. The van der Waals surface area contributed by atoms with E-state index in [9.17, 15) is 4.79 Å². The number of fused-ring (bicyclic) bond motifs is 1.